The minimum absolute atomic E-state index is 0.291. The van der Waals surface area contributed by atoms with Crippen molar-refractivity contribution in [3.63, 3.8) is 0 Å². The van der Waals surface area contributed by atoms with Crippen LogP contribution < -0.4 is 4.74 Å². The van der Waals surface area contributed by atoms with Crippen LogP contribution in [0, 0.1) is 0 Å². The van der Waals surface area contributed by atoms with E-state index in [2.05, 4.69) is 4.99 Å². The van der Waals surface area contributed by atoms with Crippen LogP contribution >= 0.6 is 0 Å². The van der Waals surface area contributed by atoms with Crippen LogP contribution in [0.4, 0.5) is 5.69 Å². The number of fused-ring (bicyclic) bond motifs is 1. The lowest BCUT2D eigenvalue weighted by Gasteiger charge is -2.05. The first-order valence-electron chi connectivity index (χ1n) is 4.10. The lowest BCUT2D eigenvalue weighted by atomic mass is 10.1. The second-order valence-corrected chi connectivity index (χ2v) is 2.86. The molecule has 0 spiro atoms. The van der Waals surface area contributed by atoms with Crippen molar-refractivity contribution < 1.29 is 9.53 Å². The number of carbonyl (C=O) groups excluding carboxylic acids is 1. The van der Waals surface area contributed by atoms with Gasteiger partial charge in [-0.25, -0.2) is 0 Å². The third-order valence-corrected chi connectivity index (χ3v) is 1.89. The van der Waals surface area contributed by atoms with E-state index in [-0.39, 0.29) is 5.97 Å². The normalized spacial score (nSPS) is 12.7. The molecule has 0 radical (unpaired) electrons. The lowest BCUT2D eigenvalue weighted by Crippen LogP contribution is -2.03. The first kappa shape index (κ1) is 7.98. The summed E-state index contributed by atoms with van der Waals surface area (Å²) < 4.78 is 5.04. The zero-order valence-corrected chi connectivity index (χ0v) is 7.28. The third-order valence-electron chi connectivity index (χ3n) is 1.89. The second kappa shape index (κ2) is 3.01. The van der Waals surface area contributed by atoms with E-state index in [1.165, 1.54) is 6.92 Å². The fraction of sp³-hybridized carbons (Fsp3) is 0.200. The molecule has 0 saturated carbocycles. The summed E-state index contributed by atoms with van der Waals surface area (Å²) in [6, 6.07) is 5.53. The zero-order chi connectivity index (χ0) is 9.26. The molecule has 0 aromatic heterocycles. The highest BCUT2D eigenvalue weighted by molar-refractivity contribution is 5.79. The molecule has 66 valence electrons. The molecule has 1 aliphatic heterocycles. The summed E-state index contributed by atoms with van der Waals surface area (Å²) in [5.74, 6) is 0.336. The van der Waals surface area contributed by atoms with Gasteiger partial charge < -0.3 is 4.74 Å². The van der Waals surface area contributed by atoms with Crippen LogP contribution in [0.25, 0.3) is 0 Å². The van der Waals surface area contributed by atoms with Crippen molar-refractivity contribution >= 4 is 17.9 Å². The second-order valence-electron chi connectivity index (χ2n) is 2.86. The van der Waals surface area contributed by atoms with E-state index in [9.17, 15) is 4.79 Å². The van der Waals surface area contributed by atoms with Crippen LogP contribution in [-0.2, 0) is 11.2 Å². The number of hydrogen-bond donors (Lipinski definition) is 0. The Morgan fingerprint density at radius 2 is 2.38 bits per heavy atom. The predicted octanol–water partition coefficient (Wildman–Crippen LogP) is 1.87. The molecule has 0 fully saturated rings. The van der Waals surface area contributed by atoms with Gasteiger partial charge in [0.25, 0.3) is 0 Å². The maximum Gasteiger partial charge on any atom is 0.308 e. The van der Waals surface area contributed by atoms with E-state index in [1.54, 1.807) is 6.07 Å². The smallest absolute Gasteiger partial charge is 0.308 e. The summed E-state index contributed by atoms with van der Waals surface area (Å²) in [5.41, 5.74) is 1.90. The Morgan fingerprint density at radius 3 is 3.15 bits per heavy atom. The number of esters is 1. The van der Waals surface area contributed by atoms with Crippen molar-refractivity contribution in [3.05, 3.63) is 23.8 Å². The maximum atomic E-state index is 10.7. The third kappa shape index (κ3) is 1.45. The van der Waals surface area contributed by atoms with Gasteiger partial charge in [0, 0.05) is 25.1 Å². The van der Waals surface area contributed by atoms with E-state index in [1.807, 2.05) is 18.3 Å². The first-order chi connectivity index (χ1) is 6.27. The van der Waals surface area contributed by atoms with Crippen molar-refractivity contribution in [1.82, 2.24) is 0 Å². The molecule has 0 saturated heterocycles. The quantitative estimate of drug-likeness (QED) is 0.482. The number of nitrogens with zero attached hydrogens (tertiary/aromatic N) is 1. The van der Waals surface area contributed by atoms with Crippen LogP contribution in [0.15, 0.2) is 23.2 Å². The van der Waals surface area contributed by atoms with Crippen LogP contribution in [0.2, 0.25) is 0 Å². The predicted molar refractivity (Wildman–Crippen MR) is 49.6 cm³/mol. The van der Waals surface area contributed by atoms with E-state index in [4.69, 9.17) is 4.74 Å². The molecule has 13 heavy (non-hydrogen) atoms. The number of hydrogen-bond acceptors (Lipinski definition) is 3. The van der Waals surface area contributed by atoms with E-state index >= 15 is 0 Å². The topological polar surface area (TPSA) is 38.7 Å². The summed E-state index contributed by atoms with van der Waals surface area (Å²) >= 11 is 0. The Morgan fingerprint density at radius 1 is 1.54 bits per heavy atom. The molecule has 1 aliphatic rings. The standard InChI is InChI=1S/C10H9NO2/c1-7(12)13-10-4-2-3-9-8(10)5-6-11-9/h2-4,6H,5H2,1H3. The number of ether oxygens (including phenoxy) is 1. The van der Waals surface area contributed by atoms with Gasteiger partial charge in [0.15, 0.2) is 0 Å². The van der Waals surface area contributed by atoms with Crippen molar-refractivity contribution in [2.24, 2.45) is 4.99 Å². The molecule has 0 atom stereocenters. The van der Waals surface area contributed by atoms with Gasteiger partial charge in [-0.3, -0.25) is 9.79 Å². The molecule has 1 heterocycles. The van der Waals surface area contributed by atoms with Gasteiger partial charge in [0.1, 0.15) is 5.75 Å². The van der Waals surface area contributed by atoms with Crippen LogP contribution in [0.5, 0.6) is 5.75 Å². The molecule has 0 bridgehead atoms. The highest BCUT2D eigenvalue weighted by atomic mass is 16.5. The van der Waals surface area contributed by atoms with Crippen LogP contribution in [-0.4, -0.2) is 12.2 Å². The highest BCUT2D eigenvalue weighted by Gasteiger charge is 2.12. The fourth-order valence-electron chi connectivity index (χ4n) is 1.37. The van der Waals surface area contributed by atoms with E-state index < -0.39 is 0 Å². The van der Waals surface area contributed by atoms with Gasteiger partial charge in [0.05, 0.1) is 5.69 Å². The van der Waals surface area contributed by atoms with Gasteiger partial charge in [-0.1, -0.05) is 6.07 Å². The summed E-state index contributed by atoms with van der Waals surface area (Å²) in [6.07, 6.45) is 2.57. The molecule has 1 aromatic carbocycles. The molecule has 0 N–H and O–H groups in total. The average molecular weight is 175 g/mol. The van der Waals surface area contributed by atoms with Crippen molar-refractivity contribution in [3.8, 4) is 5.75 Å². The molecule has 0 unspecified atom stereocenters. The van der Waals surface area contributed by atoms with Crippen LogP contribution in [0.1, 0.15) is 12.5 Å². The Hall–Kier alpha value is -1.64. The number of carbonyl (C=O) groups is 1. The summed E-state index contributed by atoms with van der Waals surface area (Å²) in [6.45, 7) is 1.40. The maximum absolute atomic E-state index is 10.7. The summed E-state index contributed by atoms with van der Waals surface area (Å²) in [4.78, 5) is 14.9. The minimum Gasteiger partial charge on any atom is -0.426 e. The Labute approximate surface area is 76.1 Å². The van der Waals surface area contributed by atoms with Crippen LogP contribution in [0.3, 0.4) is 0 Å². The largest absolute Gasteiger partial charge is 0.426 e. The first-order valence-corrected chi connectivity index (χ1v) is 4.10. The molecule has 0 amide bonds. The number of aliphatic imine (C=N–C) groups is 1. The highest BCUT2D eigenvalue weighted by Crippen LogP contribution is 2.32. The fourth-order valence-corrected chi connectivity index (χ4v) is 1.37. The minimum atomic E-state index is -0.291. The van der Waals surface area contributed by atoms with Gasteiger partial charge >= 0.3 is 5.97 Å². The van der Waals surface area contributed by atoms with Gasteiger partial charge in [-0.15, -0.1) is 0 Å². The number of benzene rings is 1. The molecule has 0 aliphatic carbocycles. The lowest BCUT2D eigenvalue weighted by molar-refractivity contribution is -0.131. The van der Waals surface area contributed by atoms with Crippen molar-refractivity contribution in [1.29, 1.82) is 0 Å². The van der Waals surface area contributed by atoms with Crippen molar-refractivity contribution in [2.45, 2.75) is 13.3 Å². The molecule has 2 rings (SSSR count). The van der Waals surface area contributed by atoms with Gasteiger partial charge in [-0.2, -0.15) is 0 Å². The molecule has 3 heteroatoms. The summed E-state index contributed by atoms with van der Waals surface area (Å²) in [7, 11) is 0. The Kier molecular flexibility index (Phi) is 1.85. The average Bonchev–Trinajstić information content (AvgIpc) is 2.51. The van der Waals surface area contributed by atoms with Gasteiger partial charge in [-0.05, 0) is 12.1 Å². The zero-order valence-electron chi connectivity index (χ0n) is 7.28. The molecule has 3 nitrogen and oxygen atoms in total. The molecular weight excluding hydrogens is 166 g/mol. The molecular formula is C10H9NO2. The Balaban J connectivity index is 2.38. The Bertz CT molecular complexity index is 383. The summed E-state index contributed by atoms with van der Waals surface area (Å²) in [5, 5.41) is 0. The van der Waals surface area contributed by atoms with Gasteiger partial charge in [0.2, 0.25) is 0 Å². The van der Waals surface area contributed by atoms with E-state index in [0.717, 1.165) is 17.7 Å². The van der Waals surface area contributed by atoms with E-state index in [0.29, 0.717) is 5.75 Å². The molecule has 1 aromatic rings. The number of rotatable bonds is 1. The SMILES string of the molecule is CC(=O)Oc1cccc2c1CC=N2. The monoisotopic (exact) mass is 175 g/mol. The van der Waals surface area contributed by atoms with Crippen molar-refractivity contribution in [2.75, 3.05) is 0 Å².